The first-order valence-electron chi connectivity index (χ1n) is 9.90. The van der Waals surface area contributed by atoms with E-state index in [-0.39, 0.29) is 4.75 Å². The Morgan fingerprint density at radius 1 is 1.28 bits per heavy atom. The van der Waals surface area contributed by atoms with E-state index in [2.05, 4.69) is 52.9 Å². The minimum Gasteiger partial charge on any atom is -0.381 e. The molecule has 1 N–H and O–H groups in total. The average Bonchev–Trinajstić information content (AvgIpc) is 3.31. The normalized spacial score (nSPS) is 27.2. The van der Waals surface area contributed by atoms with Crippen LogP contribution in [0.1, 0.15) is 33.1 Å². The van der Waals surface area contributed by atoms with Gasteiger partial charge in [0.05, 0.1) is 6.54 Å². The summed E-state index contributed by atoms with van der Waals surface area (Å²) in [5, 5.41) is 3.54. The quantitative estimate of drug-likeness (QED) is 0.443. The van der Waals surface area contributed by atoms with Crippen molar-refractivity contribution in [3.63, 3.8) is 0 Å². The van der Waals surface area contributed by atoms with E-state index in [1.54, 1.807) is 0 Å². The zero-order chi connectivity index (χ0) is 17.5. The first-order chi connectivity index (χ1) is 12.3. The van der Waals surface area contributed by atoms with E-state index in [1.165, 1.54) is 6.42 Å². The molecule has 0 aromatic rings. The fourth-order valence-corrected chi connectivity index (χ4v) is 5.29. The molecule has 0 aromatic heterocycles. The van der Waals surface area contributed by atoms with Crippen molar-refractivity contribution in [1.29, 1.82) is 0 Å². The molecule has 6 heteroatoms. The summed E-state index contributed by atoms with van der Waals surface area (Å²) in [5.74, 6) is 2.26. The molecule has 0 saturated carbocycles. The maximum Gasteiger partial charge on any atom is 0.194 e. The minimum atomic E-state index is 0.270. The summed E-state index contributed by atoms with van der Waals surface area (Å²) < 4.78 is 5.87. The van der Waals surface area contributed by atoms with Gasteiger partial charge >= 0.3 is 0 Å². The Balaban J connectivity index is 1.62. The SMILES string of the molecule is CCNC(=NCC1(SCC)CCOCC1)N1CCC(N2CC=CC2)C1. The van der Waals surface area contributed by atoms with E-state index in [0.29, 0.717) is 6.04 Å². The maximum atomic E-state index is 5.60. The van der Waals surface area contributed by atoms with E-state index in [9.17, 15) is 0 Å². The van der Waals surface area contributed by atoms with Gasteiger partial charge in [0.1, 0.15) is 0 Å². The molecule has 1 atom stereocenters. The fourth-order valence-electron chi connectivity index (χ4n) is 4.07. The maximum absolute atomic E-state index is 5.60. The molecule has 0 spiro atoms. The van der Waals surface area contributed by atoms with Gasteiger partial charge in [-0.25, -0.2) is 0 Å². The third kappa shape index (κ3) is 4.92. The fraction of sp³-hybridized carbons (Fsp3) is 0.842. The molecule has 0 amide bonds. The number of nitrogens with zero attached hydrogens (tertiary/aromatic N) is 3. The first-order valence-corrected chi connectivity index (χ1v) is 10.9. The molecule has 1 unspecified atom stereocenters. The molecule has 2 fully saturated rings. The van der Waals surface area contributed by atoms with E-state index in [1.807, 2.05) is 0 Å². The Labute approximate surface area is 157 Å². The third-order valence-corrected chi connectivity index (χ3v) is 6.97. The van der Waals surface area contributed by atoms with Crippen LogP contribution in [0.15, 0.2) is 17.1 Å². The second-order valence-corrected chi connectivity index (χ2v) is 8.94. The molecule has 25 heavy (non-hydrogen) atoms. The minimum absolute atomic E-state index is 0.270. The summed E-state index contributed by atoms with van der Waals surface area (Å²) in [4.78, 5) is 10.1. The number of hydrogen-bond donors (Lipinski definition) is 1. The van der Waals surface area contributed by atoms with Gasteiger partial charge in [0.2, 0.25) is 0 Å². The van der Waals surface area contributed by atoms with Gasteiger partial charge in [-0.2, -0.15) is 11.8 Å². The second kappa shape index (κ2) is 9.28. The van der Waals surface area contributed by atoms with Crippen LogP contribution in [0.3, 0.4) is 0 Å². The summed E-state index contributed by atoms with van der Waals surface area (Å²) in [6.45, 7) is 12.5. The lowest BCUT2D eigenvalue weighted by Crippen LogP contribution is -2.44. The molecule has 0 bridgehead atoms. The topological polar surface area (TPSA) is 40.1 Å². The Morgan fingerprint density at radius 2 is 2.04 bits per heavy atom. The standard InChI is InChI=1S/C19H34N4OS/c1-3-20-18(21-16-19(25-4-2)8-13-24-14-9-19)23-12-7-17(15-23)22-10-5-6-11-22/h5-6,17H,3-4,7-16H2,1-2H3,(H,20,21). The van der Waals surface area contributed by atoms with Crippen LogP contribution >= 0.6 is 11.8 Å². The lowest BCUT2D eigenvalue weighted by molar-refractivity contribution is 0.0793. The Hall–Kier alpha value is -0.720. The van der Waals surface area contributed by atoms with Crippen molar-refractivity contribution < 1.29 is 4.74 Å². The lowest BCUT2D eigenvalue weighted by Gasteiger charge is -2.35. The zero-order valence-corrected chi connectivity index (χ0v) is 16.7. The van der Waals surface area contributed by atoms with Gasteiger partial charge in [-0.15, -0.1) is 0 Å². The molecular weight excluding hydrogens is 332 g/mol. The van der Waals surface area contributed by atoms with Crippen LogP contribution in [-0.2, 0) is 4.74 Å². The molecular formula is C19H34N4OS. The van der Waals surface area contributed by atoms with Crippen molar-refractivity contribution in [3.8, 4) is 0 Å². The molecule has 3 aliphatic rings. The summed E-state index contributed by atoms with van der Waals surface area (Å²) in [6, 6.07) is 0.668. The molecule has 3 rings (SSSR count). The number of aliphatic imine (C=N–C) groups is 1. The Kier molecular flexibility index (Phi) is 7.08. The van der Waals surface area contributed by atoms with E-state index < -0.39 is 0 Å². The van der Waals surface area contributed by atoms with Gasteiger partial charge in [-0.1, -0.05) is 19.1 Å². The van der Waals surface area contributed by atoms with Crippen LogP contribution in [0.5, 0.6) is 0 Å². The van der Waals surface area contributed by atoms with Gasteiger partial charge in [-0.3, -0.25) is 9.89 Å². The smallest absolute Gasteiger partial charge is 0.194 e. The lowest BCUT2D eigenvalue weighted by atomic mass is 9.99. The zero-order valence-electron chi connectivity index (χ0n) is 15.9. The van der Waals surface area contributed by atoms with Crippen LogP contribution in [0, 0.1) is 0 Å². The molecule has 3 aliphatic heterocycles. The van der Waals surface area contributed by atoms with E-state index in [4.69, 9.17) is 9.73 Å². The molecule has 0 aliphatic carbocycles. The van der Waals surface area contributed by atoms with Crippen LogP contribution in [0.25, 0.3) is 0 Å². The van der Waals surface area contributed by atoms with E-state index in [0.717, 1.165) is 77.0 Å². The number of likely N-dealkylation sites (tertiary alicyclic amines) is 1. The van der Waals surface area contributed by atoms with Crippen LogP contribution < -0.4 is 5.32 Å². The molecule has 3 heterocycles. The average molecular weight is 367 g/mol. The third-order valence-electron chi connectivity index (χ3n) is 5.53. The number of guanidine groups is 1. The van der Waals surface area contributed by atoms with Gasteiger partial charge in [0.15, 0.2) is 5.96 Å². The highest BCUT2D eigenvalue weighted by Crippen LogP contribution is 2.35. The number of nitrogens with one attached hydrogen (secondary N) is 1. The van der Waals surface area contributed by atoms with Crippen molar-refractivity contribution in [3.05, 3.63) is 12.2 Å². The van der Waals surface area contributed by atoms with Crippen LogP contribution in [-0.4, -0.2) is 84.8 Å². The Bertz CT molecular complexity index is 463. The molecule has 5 nitrogen and oxygen atoms in total. The highest BCUT2D eigenvalue weighted by molar-refractivity contribution is 8.00. The summed E-state index contributed by atoms with van der Waals surface area (Å²) in [5.41, 5.74) is 0. The first kappa shape index (κ1) is 19.1. The number of hydrogen-bond acceptors (Lipinski definition) is 4. The summed E-state index contributed by atoms with van der Waals surface area (Å²) in [7, 11) is 0. The molecule has 0 aromatic carbocycles. The predicted molar refractivity (Wildman–Crippen MR) is 108 cm³/mol. The highest BCUT2D eigenvalue weighted by Gasteiger charge is 2.34. The number of ether oxygens (including phenoxy) is 1. The van der Waals surface area contributed by atoms with Crippen molar-refractivity contribution in [2.24, 2.45) is 4.99 Å². The number of thioether (sulfide) groups is 1. The van der Waals surface area contributed by atoms with Gasteiger partial charge in [0.25, 0.3) is 0 Å². The van der Waals surface area contributed by atoms with Gasteiger partial charge in [-0.05, 0) is 31.9 Å². The highest BCUT2D eigenvalue weighted by atomic mass is 32.2. The van der Waals surface area contributed by atoms with E-state index >= 15 is 0 Å². The molecule has 2 saturated heterocycles. The molecule has 142 valence electrons. The second-order valence-electron chi connectivity index (χ2n) is 7.21. The monoisotopic (exact) mass is 366 g/mol. The van der Waals surface area contributed by atoms with Crippen LogP contribution in [0.4, 0.5) is 0 Å². The largest absolute Gasteiger partial charge is 0.381 e. The van der Waals surface area contributed by atoms with Crippen LogP contribution in [0.2, 0.25) is 0 Å². The van der Waals surface area contributed by atoms with Crippen molar-refractivity contribution in [2.45, 2.75) is 43.9 Å². The van der Waals surface area contributed by atoms with Crippen molar-refractivity contribution in [1.82, 2.24) is 15.1 Å². The van der Waals surface area contributed by atoms with Gasteiger partial charge < -0.3 is 15.0 Å². The molecule has 0 radical (unpaired) electrons. The summed E-state index contributed by atoms with van der Waals surface area (Å²) in [6.07, 6.45) is 8.07. The van der Waals surface area contributed by atoms with Crippen molar-refractivity contribution in [2.75, 3.05) is 58.2 Å². The Morgan fingerprint density at radius 3 is 2.72 bits per heavy atom. The summed E-state index contributed by atoms with van der Waals surface area (Å²) >= 11 is 2.07. The predicted octanol–water partition coefficient (Wildman–Crippen LogP) is 2.20. The number of rotatable bonds is 6. The van der Waals surface area contributed by atoms with Crippen molar-refractivity contribution >= 4 is 17.7 Å². The van der Waals surface area contributed by atoms with Gasteiger partial charge in [0, 0.05) is 56.7 Å².